The lowest BCUT2D eigenvalue weighted by Gasteiger charge is -2.31. The second-order valence-electron chi connectivity index (χ2n) is 7.56. The first-order valence-corrected chi connectivity index (χ1v) is 10.3. The molecule has 158 valence electrons. The number of fused-ring (bicyclic) bond motifs is 1. The van der Waals surface area contributed by atoms with Gasteiger partial charge in [-0.2, -0.15) is 4.98 Å². The molecule has 3 N–H and O–H groups in total. The molecule has 0 radical (unpaired) electrons. The first kappa shape index (κ1) is 19.4. The summed E-state index contributed by atoms with van der Waals surface area (Å²) >= 11 is 0. The molecule has 0 spiro atoms. The Bertz CT molecular complexity index is 1120. The fourth-order valence-corrected chi connectivity index (χ4v) is 3.86. The van der Waals surface area contributed by atoms with Crippen molar-refractivity contribution in [2.45, 2.75) is 6.42 Å². The van der Waals surface area contributed by atoms with Gasteiger partial charge < -0.3 is 15.5 Å². The fourth-order valence-electron chi connectivity index (χ4n) is 3.86. The van der Waals surface area contributed by atoms with Crippen molar-refractivity contribution in [1.29, 1.82) is 0 Å². The van der Waals surface area contributed by atoms with Crippen LogP contribution in [0.1, 0.15) is 16.9 Å². The van der Waals surface area contributed by atoms with Crippen molar-refractivity contribution in [3.8, 4) is 0 Å². The van der Waals surface area contributed by atoms with Gasteiger partial charge in [0.25, 0.3) is 11.9 Å². The Hall–Kier alpha value is -3.56. The Morgan fingerprint density at radius 1 is 1.16 bits per heavy atom. The number of piperazine rings is 1. The molecule has 1 saturated heterocycles. The molecule has 2 aliphatic heterocycles. The molecule has 4 heterocycles. The molecule has 3 aromatic rings. The minimum atomic E-state index is -0.151. The molecule has 9 heteroatoms. The number of hydrogen-bond donors (Lipinski definition) is 2. The SMILES string of the molecule is Nc1nc(N=C2C(=O)N(CN3CCNCC3)c3ccccc32)ncc1Cc1ccco1. The summed E-state index contributed by atoms with van der Waals surface area (Å²) in [5.41, 5.74) is 8.84. The van der Waals surface area contributed by atoms with Gasteiger partial charge in [0.05, 0.1) is 18.6 Å². The van der Waals surface area contributed by atoms with Gasteiger partial charge >= 0.3 is 0 Å². The van der Waals surface area contributed by atoms with Crippen LogP contribution in [-0.4, -0.2) is 59.3 Å². The smallest absolute Gasteiger partial charge is 0.278 e. The van der Waals surface area contributed by atoms with E-state index in [0.717, 1.165) is 48.8 Å². The Balaban J connectivity index is 1.42. The quantitative estimate of drug-likeness (QED) is 0.648. The van der Waals surface area contributed by atoms with E-state index < -0.39 is 0 Å². The number of aliphatic imine (C=N–C) groups is 1. The van der Waals surface area contributed by atoms with E-state index in [1.807, 2.05) is 36.4 Å². The summed E-state index contributed by atoms with van der Waals surface area (Å²) in [6.07, 6.45) is 3.74. The maximum Gasteiger partial charge on any atom is 0.278 e. The van der Waals surface area contributed by atoms with Crippen molar-refractivity contribution in [2.75, 3.05) is 43.5 Å². The molecule has 31 heavy (non-hydrogen) atoms. The molecule has 2 aliphatic rings. The van der Waals surface area contributed by atoms with Gasteiger partial charge in [0.1, 0.15) is 17.3 Å². The van der Waals surface area contributed by atoms with Gasteiger partial charge in [0.15, 0.2) is 0 Å². The molecule has 9 nitrogen and oxygen atoms in total. The predicted octanol–water partition coefficient (Wildman–Crippen LogP) is 1.57. The van der Waals surface area contributed by atoms with Crippen molar-refractivity contribution in [3.63, 3.8) is 0 Å². The minimum absolute atomic E-state index is 0.151. The maximum atomic E-state index is 13.3. The third-order valence-corrected chi connectivity index (χ3v) is 5.49. The van der Waals surface area contributed by atoms with Gasteiger partial charge in [-0.3, -0.25) is 14.6 Å². The Morgan fingerprint density at radius 3 is 2.77 bits per heavy atom. The van der Waals surface area contributed by atoms with Crippen LogP contribution in [0.2, 0.25) is 0 Å². The Labute approximate surface area is 179 Å². The third-order valence-electron chi connectivity index (χ3n) is 5.49. The highest BCUT2D eigenvalue weighted by Crippen LogP contribution is 2.30. The number of nitrogens with one attached hydrogen (secondary N) is 1. The molecule has 5 rings (SSSR count). The predicted molar refractivity (Wildman–Crippen MR) is 117 cm³/mol. The number of para-hydroxylation sites is 1. The summed E-state index contributed by atoms with van der Waals surface area (Å²) in [4.78, 5) is 30.4. The highest BCUT2D eigenvalue weighted by atomic mass is 16.3. The van der Waals surface area contributed by atoms with Crippen molar-refractivity contribution >= 4 is 29.1 Å². The summed E-state index contributed by atoms with van der Waals surface area (Å²) in [5.74, 6) is 1.12. The van der Waals surface area contributed by atoms with Crippen LogP contribution in [0.15, 0.2) is 58.3 Å². The molecule has 0 saturated carbocycles. The molecular weight excluding hydrogens is 394 g/mol. The number of benzene rings is 1. The second-order valence-corrected chi connectivity index (χ2v) is 7.56. The van der Waals surface area contributed by atoms with E-state index in [1.165, 1.54) is 0 Å². The number of aromatic nitrogens is 2. The number of anilines is 2. The van der Waals surface area contributed by atoms with Crippen LogP contribution in [0, 0.1) is 0 Å². The van der Waals surface area contributed by atoms with E-state index in [4.69, 9.17) is 10.2 Å². The van der Waals surface area contributed by atoms with Gasteiger partial charge in [0, 0.05) is 49.9 Å². The van der Waals surface area contributed by atoms with Gasteiger partial charge in [0.2, 0.25) is 0 Å². The molecular formula is C22H23N7O2. The first-order valence-electron chi connectivity index (χ1n) is 10.3. The number of amides is 1. The van der Waals surface area contributed by atoms with E-state index in [1.54, 1.807) is 17.4 Å². The summed E-state index contributed by atoms with van der Waals surface area (Å²) in [7, 11) is 0. The number of furan rings is 1. The fraction of sp³-hybridized carbons (Fsp3) is 0.273. The number of carbonyl (C=O) groups is 1. The largest absolute Gasteiger partial charge is 0.469 e. The molecule has 2 aromatic heterocycles. The zero-order valence-electron chi connectivity index (χ0n) is 17.0. The van der Waals surface area contributed by atoms with E-state index in [9.17, 15) is 4.79 Å². The topological polar surface area (TPSA) is 113 Å². The number of carbonyl (C=O) groups excluding carboxylic acids is 1. The normalized spacial score (nSPS) is 18.0. The maximum absolute atomic E-state index is 13.3. The molecule has 0 bridgehead atoms. The van der Waals surface area contributed by atoms with Crippen molar-refractivity contribution < 1.29 is 9.21 Å². The number of hydrogen-bond acceptors (Lipinski definition) is 8. The Morgan fingerprint density at radius 2 is 2.00 bits per heavy atom. The van der Waals surface area contributed by atoms with Crippen LogP contribution in [0.5, 0.6) is 0 Å². The van der Waals surface area contributed by atoms with Gasteiger partial charge in [-0.25, -0.2) is 9.98 Å². The van der Waals surface area contributed by atoms with E-state index in [-0.39, 0.29) is 11.9 Å². The van der Waals surface area contributed by atoms with Gasteiger partial charge in [-0.1, -0.05) is 18.2 Å². The Kier molecular flexibility index (Phi) is 5.19. The van der Waals surface area contributed by atoms with E-state index >= 15 is 0 Å². The first-order chi connectivity index (χ1) is 15.2. The number of nitrogens with two attached hydrogens (primary N) is 1. The number of nitrogens with zero attached hydrogens (tertiary/aromatic N) is 5. The van der Waals surface area contributed by atoms with Crippen LogP contribution >= 0.6 is 0 Å². The molecule has 0 unspecified atom stereocenters. The molecule has 0 atom stereocenters. The van der Waals surface area contributed by atoms with Crippen LogP contribution in [0.4, 0.5) is 17.5 Å². The van der Waals surface area contributed by atoms with Crippen LogP contribution < -0.4 is 16.0 Å². The lowest BCUT2D eigenvalue weighted by atomic mass is 10.1. The van der Waals surface area contributed by atoms with Crippen molar-refractivity contribution in [1.82, 2.24) is 20.2 Å². The highest BCUT2D eigenvalue weighted by Gasteiger charge is 2.35. The summed E-state index contributed by atoms with van der Waals surface area (Å²) in [6, 6.07) is 11.4. The molecule has 1 aromatic carbocycles. The van der Waals surface area contributed by atoms with Gasteiger partial charge in [-0.15, -0.1) is 0 Å². The average Bonchev–Trinajstić information content (AvgIpc) is 3.39. The van der Waals surface area contributed by atoms with Crippen molar-refractivity contribution in [2.24, 2.45) is 4.99 Å². The molecule has 1 fully saturated rings. The highest BCUT2D eigenvalue weighted by molar-refractivity contribution is 6.54. The standard InChI is InChI=1S/C22H23N7O2/c23-20-15(12-16-4-3-11-31-16)13-25-22(27-20)26-19-17-5-1-2-6-18(17)29(21(19)30)14-28-9-7-24-8-10-28/h1-6,11,13,24H,7-10,12,14H2,(H2,23,25,27). The summed E-state index contributed by atoms with van der Waals surface area (Å²) < 4.78 is 5.36. The minimum Gasteiger partial charge on any atom is -0.469 e. The third kappa shape index (κ3) is 3.92. The van der Waals surface area contributed by atoms with Gasteiger partial charge in [-0.05, 0) is 18.2 Å². The number of rotatable bonds is 5. The summed E-state index contributed by atoms with van der Waals surface area (Å²) in [5, 5.41) is 3.33. The monoisotopic (exact) mass is 417 g/mol. The van der Waals surface area contributed by atoms with E-state index in [2.05, 4.69) is 25.2 Å². The lowest BCUT2D eigenvalue weighted by molar-refractivity contribution is -0.112. The molecule has 0 aliphatic carbocycles. The summed E-state index contributed by atoms with van der Waals surface area (Å²) in [6.45, 7) is 4.16. The molecule has 1 amide bonds. The lowest BCUT2D eigenvalue weighted by Crippen LogP contribution is -2.49. The van der Waals surface area contributed by atoms with Crippen molar-refractivity contribution in [3.05, 3.63) is 65.7 Å². The van der Waals surface area contributed by atoms with Crippen LogP contribution in [0.3, 0.4) is 0 Å². The zero-order chi connectivity index (χ0) is 21.2. The number of nitrogen functional groups attached to an aromatic ring is 1. The van der Waals surface area contributed by atoms with Crippen LogP contribution in [0.25, 0.3) is 0 Å². The second kappa shape index (κ2) is 8.29. The average molecular weight is 417 g/mol. The van der Waals surface area contributed by atoms with Crippen LogP contribution in [-0.2, 0) is 11.2 Å². The van der Waals surface area contributed by atoms with E-state index in [0.29, 0.717) is 24.6 Å². The zero-order valence-corrected chi connectivity index (χ0v) is 17.0.